The van der Waals surface area contributed by atoms with E-state index in [1.54, 1.807) is 17.2 Å². The van der Waals surface area contributed by atoms with E-state index in [1.165, 1.54) is 6.26 Å². The lowest BCUT2D eigenvalue weighted by Crippen LogP contribution is -2.52. The van der Waals surface area contributed by atoms with E-state index < -0.39 is 0 Å². The Morgan fingerprint density at radius 1 is 1.50 bits per heavy atom. The molecule has 1 atom stereocenters. The highest BCUT2D eigenvalue weighted by atomic mass is 16.5. The number of nitrogens with one attached hydrogen (secondary N) is 1. The van der Waals surface area contributed by atoms with Crippen LogP contribution in [0.5, 0.6) is 0 Å². The van der Waals surface area contributed by atoms with E-state index in [4.69, 9.17) is 4.52 Å². The van der Waals surface area contributed by atoms with Crippen molar-refractivity contribution in [2.24, 2.45) is 7.05 Å². The monoisotopic (exact) mass is 304 g/mol. The Kier molecular flexibility index (Phi) is 4.10. The molecule has 3 rings (SSSR count). The average molecular weight is 304 g/mol. The van der Waals surface area contributed by atoms with Gasteiger partial charge in [0.1, 0.15) is 12.1 Å². The van der Waals surface area contributed by atoms with Crippen LogP contribution in [0.1, 0.15) is 18.8 Å². The molecule has 22 heavy (non-hydrogen) atoms. The number of likely N-dealkylation sites (N-methyl/N-ethyl adjacent to an activating group) is 1. The first-order valence-corrected chi connectivity index (χ1v) is 7.36. The molecule has 0 spiro atoms. The molecular weight excluding hydrogens is 284 g/mol. The van der Waals surface area contributed by atoms with Crippen LogP contribution in [-0.2, 0) is 7.05 Å². The lowest BCUT2D eigenvalue weighted by atomic mass is 10.1. The molecule has 2 amide bonds. The molecule has 1 saturated heterocycles. The number of hydrogen-bond acceptors (Lipinski definition) is 5. The second-order valence-corrected chi connectivity index (χ2v) is 5.30. The summed E-state index contributed by atoms with van der Waals surface area (Å²) in [6, 6.07) is 1.56. The molecule has 0 unspecified atom stereocenters. The lowest BCUT2D eigenvalue weighted by Gasteiger charge is -2.40. The molecule has 2 aromatic heterocycles. The Morgan fingerprint density at radius 3 is 3.00 bits per heavy atom. The van der Waals surface area contributed by atoms with Crippen molar-refractivity contribution in [3.63, 3.8) is 0 Å². The average Bonchev–Trinajstić information content (AvgIpc) is 3.18. The summed E-state index contributed by atoms with van der Waals surface area (Å²) in [7, 11) is 1.98. The molecule has 3 heterocycles. The smallest absolute Gasteiger partial charge is 0.323 e. The van der Waals surface area contributed by atoms with Gasteiger partial charge in [0.15, 0.2) is 5.82 Å². The van der Waals surface area contributed by atoms with Crippen LogP contribution in [0.3, 0.4) is 0 Å². The minimum atomic E-state index is -0.163. The van der Waals surface area contributed by atoms with Gasteiger partial charge in [-0.1, -0.05) is 12.1 Å². The minimum Gasteiger partial charge on any atom is -0.363 e. The van der Waals surface area contributed by atoms with Crippen molar-refractivity contribution in [1.82, 2.24) is 24.5 Å². The zero-order valence-electron chi connectivity index (χ0n) is 12.8. The van der Waals surface area contributed by atoms with Gasteiger partial charge < -0.3 is 14.0 Å². The summed E-state index contributed by atoms with van der Waals surface area (Å²) in [5.74, 6) is 1.40. The van der Waals surface area contributed by atoms with Crippen LogP contribution in [0.15, 0.2) is 29.2 Å². The Balaban J connectivity index is 1.73. The number of carbonyl (C=O) groups is 1. The molecule has 118 valence electrons. The molecule has 1 aliphatic rings. The van der Waals surface area contributed by atoms with Gasteiger partial charge in [-0.3, -0.25) is 10.2 Å². The van der Waals surface area contributed by atoms with E-state index in [9.17, 15) is 4.79 Å². The normalized spacial score (nSPS) is 19.4. The third kappa shape index (κ3) is 2.82. The predicted molar refractivity (Wildman–Crippen MR) is 80.3 cm³/mol. The molecule has 1 aliphatic heterocycles. The second kappa shape index (κ2) is 6.18. The van der Waals surface area contributed by atoms with E-state index in [1.807, 2.05) is 17.8 Å². The third-order valence-corrected chi connectivity index (χ3v) is 4.01. The largest absolute Gasteiger partial charge is 0.363 e. The van der Waals surface area contributed by atoms with Gasteiger partial charge in [0.25, 0.3) is 0 Å². The van der Waals surface area contributed by atoms with E-state index >= 15 is 0 Å². The Bertz CT molecular complexity index is 623. The van der Waals surface area contributed by atoms with Gasteiger partial charge in [-0.2, -0.15) is 0 Å². The van der Waals surface area contributed by atoms with Crippen molar-refractivity contribution < 1.29 is 9.32 Å². The first kappa shape index (κ1) is 14.6. The summed E-state index contributed by atoms with van der Waals surface area (Å²) in [6.45, 7) is 5.15. The maximum atomic E-state index is 12.3. The van der Waals surface area contributed by atoms with E-state index in [0.717, 1.165) is 18.9 Å². The molecule has 2 aromatic rings. The summed E-state index contributed by atoms with van der Waals surface area (Å²) in [6.07, 6.45) is 5.15. The van der Waals surface area contributed by atoms with Gasteiger partial charge >= 0.3 is 6.03 Å². The fourth-order valence-electron chi connectivity index (χ4n) is 2.79. The second-order valence-electron chi connectivity index (χ2n) is 5.30. The van der Waals surface area contributed by atoms with Crippen LogP contribution >= 0.6 is 0 Å². The van der Waals surface area contributed by atoms with Gasteiger partial charge in [-0.15, -0.1) is 0 Å². The predicted octanol–water partition coefficient (Wildman–Crippen LogP) is 1.32. The van der Waals surface area contributed by atoms with Crippen molar-refractivity contribution in [3.05, 3.63) is 30.5 Å². The Labute approximate surface area is 128 Å². The summed E-state index contributed by atoms with van der Waals surface area (Å²) in [4.78, 5) is 20.9. The van der Waals surface area contributed by atoms with Gasteiger partial charge in [0.2, 0.25) is 0 Å². The van der Waals surface area contributed by atoms with Gasteiger partial charge in [-0.25, -0.2) is 9.78 Å². The van der Waals surface area contributed by atoms with Crippen molar-refractivity contribution in [1.29, 1.82) is 0 Å². The number of aryl methyl sites for hydroxylation is 1. The molecule has 0 aromatic carbocycles. The van der Waals surface area contributed by atoms with Crippen LogP contribution in [0, 0.1) is 0 Å². The molecule has 0 bridgehead atoms. The highest BCUT2D eigenvalue weighted by molar-refractivity contribution is 5.88. The number of aromatic nitrogens is 3. The first-order chi connectivity index (χ1) is 10.7. The Hall–Kier alpha value is -2.35. The fourth-order valence-corrected chi connectivity index (χ4v) is 2.79. The highest BCUT2D eigenvalue weighted by Crippen LogP contribution is 2.24. The Morgan fingerprint density at radius 2 is 2.36 bits per heavy atom. The van der Waals surface area contributed by atoms with Crippen molar-refractivity contribution >= 4 is 11.8 Å². The number of imidazole rings is 1. The number of nitrogens with zero attached hydrogens (tertiary/aromatic N) is 5. The molecule has 1 N–H and O–H groups in total. The fraction of sp³-hybridized carbons (Fsp3) is 0.500. The number of urea groups is 1. The van der Waals surface area contributed by atoms with Crippen LogP contribution in [-0.4, -0.2) is 56.7 Å². The maximum Gasteiger partial charge on any atom is 0.323 e. The van der Waals surface area contributed by atoms with Crippen molar-refractivity contribution in [2.45, 2.75) is 13.0 Å². The van der Waals surface area contributed by atoms with Crippen LogP contribution in [0.4, 0.5) is 10.6 Å². The topological polar surface area (TPSA) is 79.4 Å². The third-order valence-electron chi connectivity index (χ3n) is 4.01. The summed E-state index contributed by atoms with van der Waals surface area (Å²) < 4.78 is 6.73. The van der Waals surface area contributed by atoms with E-state index in [-0.39, 0.29) is 12.1 Å². The number of hydrogen-bond donors (Lipinski definition) is 1. The summed E-state index contributed by atoms with van der Waals surface area (Å²) in [5.41, 5.74) is 0. The van der Waals surface area contributed by atoms with Crippen molar-refractivity contribution in [3.8, 4) is 0 Å². The van der Waals surface area contributed by atoms with Crippen LogP contribution < -0.4 is 5.32 Å². The molecule has 0 aliphatic carbocycles. The van der Waals surface area contributed by atoms with E-state index in [0.29, 0.717) is 18.9 Å². The molecule has 8 nitrogen and oxygen atoms in total. The maximum absolute atomic E-state index is 12.3. The standard InChI is InChI=1S/C14H20N6O2/c1-3-19-7-8-20(14(21)16-12-4-9-22-17-12)10-11(19)13-15-5-6-18(13)2/h4-6,9,11H,3,7-8,10H2,1-2H3,(H,16,17,21)/t11-/m0/s1. The lowest BCUT2D eigenvalue weighted by molar-refractivity contribution is 0.0926. The summed E-state index contributed by atoms with van der Waals surface area (Å²) >= 11 is 0. The number of piperazine rings is 1. The first-order valence-electron chi connectivity index (χ1n) is 7.36. The number of rotatable bonds is 3. The van der Waals surface area contributed by atoms with Crippen LogP contribution in [0.2, 0.25) is 0 Å². The quantitative estimate of drug-likeness (QED) is 0.925. The molecule has 0 saturated carbocycles. The molecule has 0 radical (unpaired) electrons. The zero-order valence-corrected chi connectivity index (χ0v) is 12.8. The van der Waals surface area contributed by atoms with Gasteiger partial charge in [-0.05, 0) is 6.54 Å². The SMILES string of the molecule is CCN1CCN(C(=O)Nc2ccon2)C[C@H]1c1nccn1C. The summed E-state index contributed by atoms with van der Waals surface area (Å²) in [5, 5.41) is 6.45. The van der Waals surface area contributed by atoms with Gasteiger partial charge in [0.05, 0.1) is 6.04 Å². The molecular formula is C14H20N6O2. The molecule has 1 fully saturated rings. The zero-order chi connectivity index (χ0) is 15.5. The molecule has 8 heteroatoms. The van der Waals surface area contributed by atoms with Crippen molar-refractivity contribution in [2.75, 3.05) is 31.5 Å². The number of anilines is 1. The van der Waals surface area contributed by atoms with Crippen LogP contribution in [0.25, 0.3) is 0 Å². The highest BCUT2D eigenvalue weighted by Gasteiger charge is 2.32. The van der Waals surface area contributed by atoms with Gasteiger partial charge in [0, 0.05) is 45.1 Å². The minimum absolute atomic E-state index is 0.0989. The van der Waals surface area contributed by atoms with E-state index in [2.05, 4.69) is 27.3 Å². The number of amides is 2. The number of carbonyl (C=O) groups excluding carboxylic acids is 1.